The number of anilines is 1. The molecule has 2 rings (SSSR count). The molecule has 118 valence electrons. The highest BCUT2D eigenvalue weighted by molar-refractivity contribution is 9.10. The number of hydrogen-bond donors (Lipinski definition) is 1. The molecule has 21 heavy (non-hydrogen) atoms. The zero-order chi connectivity index (χ0) is 15.6. The smallest absolute Gasteiger partial charge is 0.0549 e. The van der Waals surface area contributed by atoms with E-state index in [0.717, 1.165) is 28.5 Å². The second-order valence-corrected chi connectivity index (χ2v) is 8.06. The van der Waals surface area contributed by atoms with E-state index in [9.17, 15) is 0 Å². The number of nitrogens with one attached hydrogen (secondary N) is 1. The van der Waals surface area contributed by atoms with Crippen molar-refractivity contribution in [2.24, 2.45) is 11.8 Å². The van der Waals surface area contributed by atoms with Crippen LogP contribution in [0.2, 0.25) is 5.02 Å². The average molecular weight is 374 g/mol. The second kappa shape index (κ2) is 7.34. The molecule has 0 bridgehead atoms. The molecule has 2 nitrogen and oxygen atoms in total. The molecule has 0 aliphatic carbocycles. The fraction of sp³-hybridized carbons (Fsp3) is 0.647. The largest absolute Gasteiger partial charge is 0.365 e. The number of nitrogens with zero attached hydrogens (tertiary/aromatic N) is 1. The summed E-state index contributed by atoms with van der Waals surface area (Å²) in [6, 6.07) is 7.36. The van der Waals surface area contributed by atoms with Gasteiger partial charge >= 0.3 is 0 Å². The standard InChI is InChI=1S/C17H26BrClN2/c1-11(2)7-13-10-21(17(9-20-13)12(3)4)14-5-6-16(19)15(18)8-14/h5-6,8,11-13,17,20H,7,9-10H2,1-4H3. The molecule has 1 aromatic carbocycles. The molecule has 2 atom stereocenters. The van der Waals surface area contributed by atoms with Gasteiger partial charge in [-0.1, -0.05) is 39.3 Å². The first-order valence-electron chi connectivity index (χ1n) is 7.83. The highest BCUT2D eigenvalue weighted by atomic mass is 79.9. The Balaban J connectivity index is 2.22. The van der Waals surface area contributed by atoms with E-state index in [2.05, 4.69) is 66.0 Å². The van der Waals surface area contributed by atoms with Crippen LogP contribution in [0.3, 0.4) is 0 Å². The van der Waals surface area contributed by atoms with Crippen molar-refractivity contribution >= 4 is 33.2 Å². The van der Waals surface area contributed by atoms with Crippen molar-refractivity contribution in [1.29, 1.82) is 0 Å². The number of rotatable bonds is 4. The maximum atomic E-state index is 6.14. The third-order valence-corrected chi connectivity index (χ3v) is 5.41. The molecule has 0 aromatic heterocycles. The van der Waals surface area contributed by atoms with Gasteiger partial charge in [0.05, 0.1) is 5.02 Å². The van der Waals surface area contributed by atoms with Gasteiger partial charge in [-0.05, 0) is 52.4 Å². The zero-order valence-electron chi connectivity index (χ0n) is 13.4. The third-order valence-electron chi connectivity index (χ3n) is 4.19. The van der Waals surface area contributed by atoms with Crippen LogP contribution in [-0.4, -0.2) is 25.2 Å². The van der Waals surface area contributed by atoms with Crippen molar-refractivity contribution in [3.63, 3.8) is 0 Å². The van der Waals surface area contributed by atoms with Gasteiger partial charge in [-0.15, -0.1) is 0 Å². The summed E-state index contributed by atoms with van der Waals surface area (Å²) in [7, 11) is 0. The lowest BCUT2D eigenvalue weighted by atomic mass is 9.94. The highest BCUT2D eigenvalue weighted by Crippen LogP contribution is 2.31. The van der Waals surface area contributed by atoms with E-state index >= 15 is 0 Å². The molecule has 0 spiro atoms. The molecule has 0 amide bonds. The summed E-state index contributed by atoms with van der Waals surface area (Å²) in [6.45, 7) is 11.3. The van der Waals surface area contributed by atoms with Crippen LogP contribution in [0.4, 0.5) is 5.69 Å². The molecule has 2 unspecified atom stereocenters. The molecule has 0 saturated carbocycles. The minimum atomic E-state index is 0.529. The lowest BCUT2D eigenvalue weighted by Gasteiger charge is -2.44. The van der Waals surface area contributed by atoms with Crippen LogP contribution in [0.15, 0.2) is 22.7 Å². The highest BCUT2D eigenvalue weighted by Gasteiger charge is 2.30. The molecule has 4 heteroatoms. The van der Waals surface area contributed by atoms with Gasteiger partial charge in [0.2, 0.25) is 0 Å². The summed E-state index contributed by atoms with van der Waals surface area (Å²) >= 11 is 9.69. The molecule has 1 fully saturated rings. The van der Waals surface area contributed by atoms with Crippen LogP contribution in [0.25, 0.3) is 0 Å². The average Bonchev–Trinajstić information content (AvgIpc) is 2.41. The first kappa shape index (κ1) is 17.1. The molecule has 1 heterocycles. The van der Waals surface area contributed by atoms with Gasteiger partial charge in [-0.25, -0.2) is 0 Å². The van der Waals surface area contributed by atoms with Crippen molar-refractivity contribution in [3.05, 3.63) is 27.7 Å². The van der Waals surface area contributed by atoms with Crippen LogP contribution in [0.1, 0.15) is 34.1 Å². The predicted octanol–water partition coefficient (Wildman–Crippen LogP) is 4.95. The monoisotopic (exact) mass is 372 g/mol. The molecule has 1 aromatic rings. The van der Waals surface area contributed by atoms with Crippen LogP contribution >= 0.6 is 27.5 Å². The van der Waals surface area contributed by atoms with Crippen molar-refractivity contribution in [2.45, 2.75) is 46.2 Å². The predicted molar refractivity (Wildman–Crippen MR) is 96.4 cm³/mol. The number of piperazine rings is 1. The fourth-order valence-electron chi connectivity index (χ4n) is 3.12. The van der Waals surface area contributed by atoms with Gasteiger partial charge < -0.3 is 10.2 Å². The van der Waals surface area contributed by atoms with E-state index < -0.39 is 0 Å². The molecule has 0 radical (unpaired) electrons. The molecule has 1 aliphatic heterocycles. The summed E-state index contributed by atoms with van der Waals surface area (Å²) in [5, 5.41) is 4.50. The lowest BCUT2D eigenvalue weighted by molar-refractivity contribution is 0.310. The van der Waals surface area contributed by atoms with Gasteiger partial charge in [-0.2, -0.15) is 0 Å². The molecular formula is C17H26BrClN2. The number of benzene rings is 1. The Morgan fingerprint density at radius 3 is 2.62 bits per heavy atom. The molecule has 1 N–H and O–H groups in total. The second-order valence-electron chi connectivity index (χ2n) is 6.80. The number of halogens is 2. The Morgan fingerprint density at radius 2 is 2.05 bits per heavy atom. The van der Waals surface area contributed by atoms with Crippen LogP contribution < -0.4 is 10.2 Å². The van der Waals surface area contributed by atoms with E-state index in [1.165, 1.54) is 12.1 Å². The maximum absolute atomic E-state index is 6.14. The first-order valence-corrected chi connectivity index (χ1v) is 9.00. The normalized spacial score (nSPS) is 23.1. The quantitative estimate of drug-likeness (QED) is 0.803. The van der Waals surface area contributed by atoms with Gasteiger partial charge in [0.15, 0.2) is 0 Å². The summed E-state index contributed by atoms with van der Waals surface area (Å²) in [5.41, 5.74) is 1.26. The van der Waals surface area contributed by atoms with E-state index in [0.29, 0.717) is 18.0 Å². The van der Waals surface area contributed by atoms with Crippen molar-refractivity contribution in [1.82, 2.24) is 5.32 Å². The summed E-state index contributed by atoms with van der Waals surface area (Å²) in [5.74, 6) is 1.34. The van der Waals surface area contributed by atoms with Crippen LogP contribution in [-0.2, 0) is 0 Å². The maximum Gasteiger partial charge on any atom is 0.0549 e. The van der Waals surface area contributed by atoms with Gasteiger partial charge in [0.25, 0.3) is 0 Å². The Labute approximate surface area is 142 Å². The first-order chi connectivity index (χ1) is 9.88. The summed E-state index contributed by atoms with van der Waals surface area (Å²) in [4.78, 5) is 2.55. The Bertz CT molecular complexity index is 476. The van der Waals surface area contributed by atoms with Crippen LogP contribution in [0.5, 0.6) is 0 Å². The van der Waals surface area contributed by atoms with E-state index in [1.807, 2.05) is 6.07 Å². The van der Waals surface area contributed by atoms with Crippen molar-refractivity contribution in [2.75, 3.05) is 18.0 Å². The Hall–Kier alpha value is -0.250. The van der Waals surface area contributed by atoms with E-state index in [1.54, 1.807) is 0 Å². The summed E-state index contributed by atoms with van der Waals surface area (Å²) < 4.78 is 0.975. The molecular weight excluding hydrogens is 348 g/mol. The van der Waals surface area contributed by atoms with Crippen LogP contribution in [0, 0.1) is 11.8 Å². The lowest BCUT2D eigenvalue weighted by Crippen LogP contribution is -2.58. The number of hydrogen-bond acceptors (Lipinski definition) is 2. The Kier molecular flexibility index (Phi) is 5.98. The Morgan fingerprint density at radius 1 is 1.33 bits per heavy atom. The molecule has 1 aliphatic rings. The minimum Gasteiger partial charge on any atom is -0.365 e. The van der Waals surface area contributed by atoms with Gasteiger partial charge in [0, 0.05) is 35.3 Å². The topological polar surface area (TPSA) is 15.3 Å². The SMILES string of the molecule is CC(C)CC1CN(c2ccc(Cl)c(Br)c2)C(C(C)C)CN1. The third kappa shape index (κ3) is 4.37. The van der Waals surface area contributed by atoms with Gasteiger partial charge in [0.1, 0.15) is 0 Å². The summed E-state index contributed by atoms with van der Waals surface area (Å²) in [6.07, 6.45) is 1.22. The van der Waals surface area contributed by atoms with Crippen molar-refractivity contribution < 1.29 is 0 Å². The molecule has 1 saturated heterocycles. The fourth-order valence-corrected chi connectivity index (χ4v) is 3.60. The van der Waals surface area contributed by atoms with Gasteiger partial charge in [-0.3, -0.25) is 0 Å². The minimum absolute atomic E-state index is 0.529. The van der Waals surface area contributed by atoms with E-state index in [-0.39, 0.29) is 0 Å². The zero-order valence-corrected chi connectivity index (χ0v) is 15.7. The van der Waals surface area contributed by atoms with E-state index in [4.69, 9.17) is 11.6 Å². The van der Waals surface area contributed by atoms with Crippen molar-refractivity contribution in [3.8, 4) is 0 Å².